The summed E-state index contributed by atoms with van der Waals surface area (Å²) < 4.78 is 5.22. The Labute approximate surface area is 131 Å². The molecule has 0 spiro atoms. The number of carbonyl (C=O) groups is 1. The van der Waals surface area contributed by atoms with Crippen LogP contribution in [0.15, 0.2) is 34.3 Å². The van der Waals surface area contributed by atoms with Crippen LogP contribution >= 0.6 is 23.4 Å². The van der Waals surface area contributed by atoms with Crippen LogP contribution in [0.1, 0.15) is 13.8 Å². The second-order valence-corrected chi connectivity index (χ2v) is 5.29. The van der Waals surface area contributed by atoms with Crippen LogP contribution in [0.4, 0.5) is 5.69 Å². The average Bonchev–Trinajstić information content (AvgIpc) is 2.40. The van der Waals surface area contributed by atoms with Crippen molar-refractivity contribution in [1.82, 2.24) is 15.0 Å². The van der Waals surface area contributed by atoms with Crippen molar-refractivity contribution in [1.29, 1.82) is 0 Å². The highest BCUT2D eigenvalue weighted by atomic mass is 35.5. The molecule has 0 aliphatic carbocycles. The lowest BCUT2D eigenvalue weighted by Gasteiger charge is -2.05. The number of anilines is 1. The standard InChI is InChI=1S/C13H13ClN4O2S/c1-3-20-12-16-11(14)17-13(18-12)21-10-6-4-9(5-7-10)15-8(2)19/h4-7H,3H2,1-2H3,(H,15,19). The van der Waals surface area contributed by atoms with Gasteiger partial charge in [-0.05, 0) is 54.6 Å². The summed E-state index contributed by atoms with van der Waals surface area (Å²) in [5.74, 6) is -0.110. The van der Waals surface area contributed by atoms with Crippen molar-refractivity contribution >= 4 is 35.0 Å². The summed E-state index contributed by atoms with van der Waals surface area (Å²) in [6.45, 7) is 3.76. The Kier molecular flexibility index (Phi) is 5.35. The number of ether oxygens (including phenoxy) is 1. The van der Waals surface area contributed by atoms with Crippen molar-refractivity contribution in [3.63, 3.8) is 0 Å². The van der Waals surface area contributed by atoms with E-state index in [1.54, 1.807) is 12.1 Å². The van der Waals surface area contributed by atoms with E-state index in [-0.39, 0.29) is 17.2 Å². The summed E-state index contributed by atoms with van der Waals surface area (Å²) in [5, 5.41) is 3.24. The molecule has 110 valence electrons. The molecule has 0 atom stereocenters. The van der Waals surface area contributed by atoms with Gasteiger partial charge in [-0.3, -0.25) is 4.79 Å². The van der Waals surface area contributed by atoms with E-state index in [0.29, 0.717) is 11.8 Å². The maximum absolute atomic E-state index is 11.0. The maximum Gasteiger partial charge on any atom is 0.321 e. The molecule has 2 aromatic rings. The molecule has 1 amide bonds. The molecule has 0 bridgehead atoms. The molecule has 1 aromatic carbocycles. The second kappa shape index (κ2) is 7.24. The Morgan fingerprint density at radius 2 is 2.00 bits per heavy atom. The van der Waals surface area contributed by atoms with Crippen LogP contribution in [0.3, 0.4) is 0 Å². The first kappa shape index (κ1) is 15.5. The zero-order valence-electron chi connectivity index (χ0n) is 11.5. The number of benzene rings is 1. The average molecular weight is 325 g/mol. The van der Waals surface area contributed by atoms with Gasteiger partial charge in [0.05, 0.1) is 6.61 Å². The smallest absolute Gasteiger partial charge is 0.321 e. The summed E-state index contributed by atoms with van der Waals surface area (Å²) in [4.78, 5) is 23.9. The molecule has 8 heteroatoms. The number of amides is 1. The number of hydrogen-bond acceptors (Lipinski definition) is 6. The summed E-state index contributed by atoms with van der Waals surface area (Å²) in [7, 11) is 0. The van der Waals surface area contributed by atoms with Gasteiger partial charge in [-0.1, -0.05) is 0 Å². The van der Waals surface area contributed by atoms with Crippen LogP contribution in [-0.2, 0) is 4.79 Å². The van der Waals surface area contributed by atoms with E-state index in [4.69, 9.17) is 16.3 Å². The fourth-order valence-corrected chi connectivity index (χ4v) is 2.41. The van der Waals surface area contributed by atoms with E-state index in [1.165, 1.54) is 18.7 Å². The molecule has 0 saturated heterocycles. The summed E-state index contributed by atoms with van der Waals surface area (Å²) >= 11 is 7.16. The minimum absolute atomic E-state index is 0.0887. The molecule has 1 aromatic heterocycles. The third-order valence-electron chi connectivity index (χ3n) is 2.22. The minimum Gasteiger partial charge on any atom is -0.464 e. The van der Waals surface area contributed by atoms with Crippen LogP contribution < -0.4 is 10.1 Å². The van der Waals surface area contributed by atoms with Gasteiger partial charge in [-0.25, -0.2) is 0 Å². The highest BCUT2D eigenvalue weighted by Gasteiger charge is 2.07. The Hall–Kier alpha value is -1.86. The minimum atomic E-state index is -0.110. The van der Waals surface area contributed by atoms with Gasteiger partial charge >= 0.3 is 6.01 Å². The van der Waals surface area contributed by atoms with E-state index < -0.39 is 0 Å². The molecule has 21 heavy (non-hydrogen) atoms. The summed E-state index contributed by atoms with van der Waals surface area (Å²) in [6, 6.07) is 7.52. The molecule has 1 N–H and O–H groups in total. The topological polar surface area (TPSA) is 77.0 Å². The normalized spacial score (nSPS) is 10.2. The molecule has 1 heterocycles. The fourth-order valence-electron chi connectivity index (χ4n) is 1.47. The van der Waals surface area contributed by atoms with Gasteiger partial charge in [0, 0.05) is 17.5 Å². The number of aromatic nitrogens is 3. The van der Waals surface area contributed by atoms with Crippen LogP contribution in [0, 0.1) is 0 Å². The Balaban J connectivity index is 2.12. The van der Waals surface area contributed by atoms with Gasteiger partial charge < -0.3 is 10.1 Å². The third kappa shape index (κ3) is 4.87. The molecule has 0 aliphatic heterocycles. The Morgan fingerprint density at radius 1 is 1.29 bits per heavy atom. The molecule has 0 fully saturated rings. The number of hydrogen-bond donors (Lipinski definition) is 1. The van der Waals surface area contributed by atoms with Crippen LogP contribution in [-0.4, -0.2) is 27.5 Å². The third-order valence-corrected chi connectivity index (χ3v) is 3.27. The predicted molar refractivity (Wildman–Crippen MR) is 80.9 cm³/mol. The predicted octanol–water partition coefficient (Wildman–Crippen LogP) is 3.03. The Bertz CT molecular complexity index is 637. The zero-order chi connectivity index (χ0) is 15.2. The van der Waals surface area contributed by atoms with Crippen molar-refractivity contribution < 1.29 is 9.53 Å². The van der Waals surface area contributed by atoms with E-state index in [1.807, 2.05) is 19.1 Å². The van der Waals surface area contributed by atoms with Gasteiger partial charge in [0.1, 0.15) is 0 Å². The maximum atomic E-state index is 11.0. The van der Waals surface area contributed by atoms with Crippen molar-refractivity contribution in [3.8, 4) is 6.01 Å². The lowest BCUT2D eigenvalue weighted by molar-refractivity contribution is -0.114. The molecule has 0 unspecified atom stereocenters. The zero-order valence-corrected chi connectivity index (χ0v) is 13.0. The quantitative estimate of drug-likeness (QED) is 0.911. The monoisotopic (exact) mass is 324 g/mol. The Morgan fingerprint density at radius 3 is 2.62 bits per heavy atom. The molecule has 6 nitrogen and oxygen atoms in total. The molecule has 0 aliphatic rings. The second-order valence-electron chi connectivity index (χ2n) is 3.91. The van der Waals surface area contributed by atoms with E-state index in [9.17, 15) is 4.79 Å². The number of nitrogens with one attached hydrogen (secondary N) is 1. The number of halogens is 1. The van der Waals surface area contributed by atoms with Crippen LogP contribution in [0.2, 0.25) is 5.28 Å². The fraction of sp³-hybridized carbons (Fsp3) is 0.231. The van der Waals surface area contributed by atoms with Crippen LogP contribution in [0.5, 0.6) is 6.01 Å². The van der Waals surface area contributed by atoms with Gasteiger partial charge in [-0.15, -0.1) is 0 Å². The van der Waals surface area contributed by atoms with Crippen molar-refractivity contribution in [2.75, 3.05) is 11.9 Å². The largest absolute Gasteiger partial charge is 0.464 e. The van der Waals surface area contributed by atoms with Gasteiger partial charge in [0.15, 0.2) is 5.16 Å². The van der Waals surface area contributed by atoms with E-state index >= 15 is 0 Å². The van der Waals surface area contributed by atoms with Gasteiger partial charge in [0.25, 0.3) is 0 Å². The van der Waals surface area contributed by atoms with Gasteiger partial charge in [0.2, 0.25) is 11.2 Å². The van der Waals surface area contributed by atoms with Crippen molar-refractivity contribution in [3.05, 3.63) is 29.5 Å². The van der Waals surface area contributed by atoms with E-state index in [2.05, 4.69) is 20.3 Å². The highest BCUT2D eigenvalue weighted by molar-refractivity contribution is 7.99. The number of rotatable bonds is 5. The number of carbonyl (C=O) groups excluding carboxylic acids is 1. The lowest BCUT2D eigenvalue weighted by atomic mass is 10.3. The van der Waals surface area contributed by atoms with E-state index in [0.717, 1.165) is 10.6 Å². The van der Waals surface area contributed by atoms with Crippen molar-refractivity contribution in [2.24, 2.45) is 0 Å². The first-order valence-corrected chi connectivity index (χ1v) is 7.36. The molecule has 0 radical (unpaired) electrons. The first-order valence-electron chi connectivity index (χ1n) is 6.16. The summed E-state index contributed by atoms with van der Waals surface area (Å²) in [5.41, 5.74) is 0.732. The SMILES string of the molecule is CCOc1nc(Cl)nc(Sc2ccc(NC(C)=O)cc2)n1. The molecular formula is C13H13ClN4O2S. The highest BCUT2D eigenvalue weighted by Crippen LogP contribution is 2.27. The van der Waals surface area contributed by atoms with Gasteiger partial charge in [-0.2, -0.15) is 15.0 Å². The lowest BCUT2D eigenvalue weighted by Crippen LogP contribution is -2.05. The summed E-state index contributed by atoms with van der Waals surface area (Å²) in [6.07, 6.45) is 0. The number of nitrogens with zero attached hydrogens (tertiary/aromatic N) is 3. The molecule has 0 saturated carbocycles. The molecular weight excluding hydrogens is 312 g/mol. The van der Waals surface area contributed by atoms with Crippen molar-refractivity contribution in [2.45, 2.75) is 23.9 Å². The van der Waals surface area contributed by atoms with Crippen LogP contribution in [0.25, 0.3) is 0 Å². The first-order chi connectivity index (χ1) is 10.1. The molecule has 2 rings (SSSR count).